The quantitative estimate of drug-likeness (QED) is 0.0375. The maximum atomic E-state index is 12.2. The van der Waals surface area contributed by atoms with E-state index in [-0.39, 0.29) is 25.2 Å². The Hall–Kier alpha value is -1.88. The Balaban J connectivity index is 3.37. The van der Waals surface area contributed by atoms with Crippen molar-refractivity contribution in [2.45, 2.75) is 290 Å². The van der Waals surface area contributed by atoms with Crippen LogP contribution in [0.4, 0.5) is 0 Å². The Labute approximate surface area is 374 Å². The molecule has 60 heavy (non-hydrogen) atoms. The molecule has 0 amide bonds. The van der Waals surface area contributed by atoms with Gasteiger partial charge in [-0.3, -0.25) is 9.59 Å². The molecule has 0 saturated carbocycles. The third-order valence-corrected chi connectivity index (χ3v) is 11.9. The molecule has 352 valence electrons. The van der Waals surface area contributed by atoms with Gasteiger partial charge in [-0.1, -0.05) is 256 Å². The number of aliphatic hydroxyl groups excluding tert-OH is 1. The second kappa shape index (κ2) is 51.5. The molecule has 0 radical (unpaired) electrons. The second-order valence-electron chi connectivity index (χ2n) is 18.0. The van der Waals surface area contributed by atoms with Crippen LogP contribution < -0.4 is 0 Å². The van der Waals surface area contributed by atoms with Crippen LogP contribution in [0.25, 0.3) is 0 Å². The van der Waals surface area contributed by atoms with Crippen LogP contribution in [0, 0.1) is 0 Å². The minimum Gasteiger partial charge on any atom is -0.462 e. The van der Waals surface area contributed by atoms with Crippen LogP contribution in [0.5, 0.6) is 0 Å². The Morgan fingerprint density at radius 3 is 1.00 bits per heavy atom. The van der Waals surface area contributed by atoms with E-state index in [0.717, 1.165) is 51.4 Å². The zero-order valence-electron chi connectivity index (χ0n) is 40.2. The predicted octanol–water partition coefficient (Wildman–Crippen LogP) is 17.5. The Morgan fingerprint density at radius 2 is 0.667 bits per heavy atom. The molecule has 5 heteroatoms. The summed E-state index contributed by atoms with van der Waals surface area (Å²) in [5, 5.41) is 9.57. The molecule has 1 atom stereocenters. The molecule has 1 N–H and O–H groups in total. The Bertz CT molecular complexity index is 955. The summed E-state index contributed by atoms with van der Waals surface area (Å²) in [5.74, 6) is -0.580. The molecular weight excluding hydrogens is 741 g/mol. The molecule has 0 aliphatic rings. The fourth-order valence-corrected chi connectivity index (χ4v) is 7.92. The smallest absolute Gasteiger partial charge is 0.306 e. The molecule has 0 aliphatic heterocycles. The Morgan fingerprint density at radius 1 is 0.383 bits per heavy atom. The number of ether oxygens (including phenoxy) is 2. The van der Waals surface area contributed by atoms with E-state index in [9.17, 15) is 14.7 Å². The molecule has 0 aromatic rings. The molecule has 0 rings (SSSR count). The number of rotatable bonds is 49. The van der Waals surface area contributed by atoms with E-state index < -0.39 is 6.10 Å². The lowest BCUT2D eigenvalue weighted by molar-refractivity contribution is -0.161. The van der Waals surface area contributed by atoms with E-state index in [0.29, 0.717) is 12.8 Å². The third-order valence-electron chi connectivity index (χ3n) is 11.9. The van der Waals surface area contributed by atoms with Gasteiger partial charge in [-0.15, -0.1) is 0 Å². The molecule has 0 aromatic carbocycles. The first-order chi connectivity index (χ1) is 29.6. The first kappa shape index (κ1) is 58.1. The molecule has 5 nitrogen and oxygen atoms in total. The average Bonchev–Trinajstić information content (AvgIpc) is 3.25. The molecule has 0 aliphatic carbocycles. The van der Waals surface area contributed by atoms with Crippen molar-refractivity contribution >= 4 is 11.9 Å². The van der Waals surface area contributed by atoms with E-state index in [1.54, 1.807) is 0 Å². The van der Waals surface area contributed by atoms with Gasteiger partial charge >= 0.3 is 11.9 Å². The monoisotopic (exact) mass is 843 g/mol. The van der Waals surface area contributed by atoms with Crippen LogP contribution >= 0.6 is 0 Å². The van der Waals surface area contributed by atoms with Crippen LogP contribution in [0.15, 0.2) is 36.5 Å². The summed E-state index contributed by atoms with van der Waals surface area (Å²) in [6, 6.07) is 0. The maximum absolute atomic E-state index is 12.2. The van der Waals surface area contributed by atoms with E-state index >= 15 is 0 Å². The van der Waals surface area contributed by atoms with Crippen LogP contribution in [0.1, 0.15) is 284 Å². The van der Waals surface area contributed by atoms with Gasteiger partial charge in [0, 0.05) is 12.8 Å². The topological polar surface area (TPSA) is 72.8 Å². The van der Waals surface area contributed by atoms with E-state index in [4.69, 9.17) is 9.47 Å². The number of hydrogen-bond acceptors (Lipinski definition) is 5. The third kappa shape index (κ3) is 48.8. The normalized spacial score (nSPS) is 12.4. The summed E-state index contributed by atoms with van der Waals surface area (Å²) in [4.78, 5) is 24.3. The zero-order valence-corrected chi connectivity index (χ0v) is 40.2. The van der Waals surface area contributed by atoms with Crippen LogP contribution in [-0.2, 0) is 19.1 Å². The predicted molar refractivity (Wildman–Crippen MR) is 261 cm³/mol. The zero-order chi connectivity index (χ0) is 43.5. The lowest BCUT2D eigenvalue weighted by Gasteiger charge is -2.15. The van der Waals surface area contributed by atoms with Gasteiger partial charge in [-0.05, 0) is 51.4 Å². The van der Waals surface area contributed by atoms with E-state index in [1.807, 2.05) is 0 Å². The number of carbonyl (C=O) groups excluding carboxylic acids is 2. The van der Waals surface area contributed by atoms with Crippen molar-refractivity contribution in [3.63, 3.8) is 0 Å². The van der Waals surface area contributed by atoms with Gasteiger partial charge < -0.3 is 14.6 Å². The lowest BCUT2D eigenvalue weighted by Crippen LogP contribution is -2.28. The lowest BCUT2D eigenvalue weighted by atomic mass is 10.0. The minimum atomic E-state index is -0.765. The van der Waals surface area contributed by atoms with Crippen molar-refractivity contribution in [3.8, 4) is 0 Å². The Kier molecular flexibility index (Phi) is 49.9. The van der Waals surface area contributed by atoms with Crippen LogP contribution in [0.3, 0.4) is 0 Å². The molecule has 1 unspecified atom stereocenters. The SMILES string of the molecule is CCCCCCC/C=C\C/C=C\C/C=C\CCCCCCCCCCCCCCCCCCCCCCCCC(=O)OC(CO)COC(=O)CCCCCCCCCCC. The maximum Gasteiger partial charge on any atom is 0.306 e. The molecule has 0 fully saturated rings. The van der Waals surface area contributed by atoms with Gasteiger partial charge in [-0.2, -0.15) is 0 Å². The summed E-state index contributed by atoms with van der Waals surface area (Å²) in [5.41, 5.74) is 0. The van der Waals surface area contributed by atoms with E-state index in [1.165, 1.54) is 205 Å². The van der Waals surface area contributed by atoms with Gasteiger partial charge in [0.25, 0.3) is 0 Å². The van der Waals surface area contributed by atoms with Crippen molar-refractivity contribution in [2.75, 3.05) is 13.2 Å². The number of hydrogen-bond donors (Lipinski definition) is 1. The van der Waals surface area contributed by atoms with Crippen molar-refractivity contribution in [1.29, 1.82) is 0 Å². The molecule has 0 saturated heterocycles. The summed E-state index contributed by atoms with van der Waals surface area (Å²) in [7, 11) is 0. The van der Waals surface area contributed by atoms with Gasteiger partial charge in [0.1, 0.15) is 6.61 Å². The summed E-state index contributed by atoms with van der Waals surface area (Å²) in [6.45, 7) is 4.13. The average molecular weight is 843 g/mol. The van der Waals surface area contributed by atoms with Crippen molar-refractivity contribution in [2.24, 2.45) is 0 Å². The number of unbranched alkanes of at least 4 members (excludes halogenated alkanes) is 35. The molecule has 0 spiro atoms. The number of allylic oxidation sites excluding steroid dienone is 6. The highest BCUT2D eigenvalue weighted by atomic mass is 16.6. The molecule has 0 aromatic heterocycles. The van der Waals surface area contributed by atoms with Crippen LogP contribution in [-0.4, -0.2) is 36.4 Å². The highest BCUT2D eigenvalue weighted by Crippen LogP contribution is 2.17. The van der Waals surface area contributed by atoms with Gasteiger partial charge in [0.15, 0.2) is 6.10 Å². The molecular formula is C55H102O5. The molecule has 0 heterocycles. The van der Waals surface area contributed by atoms with Gasteiger partial charge in [0.05, 0.1) is 6.61 Å². The van der Waals surface area contributed by atoms with Crippen molar-refractivity contribution < 1.29 is 24.2 Å². The largest absolute Gasteiger partial charge is 0.462 e. The highest BCUT2D eigenvalue weighted by Gasteiger charge is 2.16. The second-order valence-corrected chi connectivity index (χ2v) is 18.0. The summed E-state index contributed by atoms with van der Waals surface area (Å²) in [6.07, 6.45) is 65.7. The first-order valence-electron chi connectivity index (χ1n) is 26.5. The molecule has 0 bridgehead atoms. The summed E-state index contributed by atoms with van der Waals surface area (Å²) >= 11 is 0. The van der Waals surface area contributed by atoms with Crippen molar-refractivity contribution in [3.05, 3.63) is 36.5 Å². The van der Waals surface area contributed by atoms with Crippen molar-refractivity contribution in [1.82, 2.24) is 0 Å². The van der Waals surface area contributed by atoms with Gasteiger partial charge in [0.2, 0.25) is 0 Å². The fourth-order valence-electron chi connectivity index (χ4n) is 7.92. The highest BCUT2D eigenvalue weighted by molar-refractivity contribution is 5.70. The minimum absolute atomic E-state index is 0.0602. The first-order valence-corrected chi connectivity index (χ1v) is 26.5. The summed E-state index contributed by atoms with van der Waals surface area (Å²) < 4.78 is 10.6. The fraction of sp³-hybridized carbons (Fsp3) is 0.855. The van der Waals surface area contributed by atoms with Gasteiger partial charge in [-0.25, -0.2) is 0 Å². The number of carbonyl (C=O) groups is 2. The number of esters is 2. The van der Waals surface area contributed by atoms with E-state index in [2.05, 4.69) is 50.3 Å². The number of aliphatic hydroxyl groups is 1. The standard InChI is InChI=1S/C55H102O5/c1-3-5-7-9-11-13-14-15-16-17-18-19-20-21-22-23-24-25-26-27-28-29-30-31-32-33-34-35-36-37-38-39-40-42-44-46-48-50-55(58)60-53(51-56)52-59-54(57)49-47-45-43-41-12-10-8-6-4-2/h14-15,17-18,20-21,53,56H,3-13,16,19,22-52H2,1-2H3/b15-14-,18-17-,21-20-. The van der Waals surface area contributed by atoms with Crippen LogP contribution in [0.2, 0.25) is 0 Å².